The summed E-state index contributed by atoms with van der Waals surface area (Å²) >= 11 is 0. The molecule has 13 aromatic rings. The minimum Gasteiger partial charge on any atom is -0.456 e. The number of hydrogen-bond donors (Lipinski definition) is 0. The molecule has 0 unspecified atom stereocenters. The van der Waals surface area contributed by atoms with Gasteiger partial charge in [-0.05, 0) is 76.9 Å². The van der Waals surface area contributed by atoms with Gasteiger partial charge in [-0.1, -0.05) is 152 Å². The fourth-order valence-electron chi connectivity index (χ4n) is 9.34. The number of hydrogen-bond acceptors (Lipinski definition) is 5. The lowest BCUT2D eigenvalue weighted by molar-refractivity contribution is 0.668. The van der Waals surface area contributed by atoms with Crippen LogP contribution < -0.4 is 0 Å². The molecule has 9 aromatic carbocycles. The number of rotatable bonds is 6. The van der Waals surface area contributed by atoms with Gasteiger partial charge in [-0.15, -0.1) is 0 Å². The third-order valence-corrected chi connectivity index (χ3v) is 12.2. The van der Waals surface area contributed by atoms with Crippen molar-refractivity contribution in [3.8, 4) is 62.1 Å². The van der Waals surface area contributed by atoms with Crippen LogP contribution in [-0.2, 0) is 0 Å². The second-order valence-electron chi connectivity index (χ2n) is 15.9. The van der Waals surface area contributed by atoms with Gasteiger partial charge in [0.15, 0.2) is 17.5 Å². The number of furan rings is 2. The fourth-order valence-corrected chi connectivity index (χ4v) is 9.34. The van der Waals surface area contributed by atoms with E-state index in [1.165, 1.54) is 21.9 Å². The average molecular weight is 807 g/mol. The summed E-state index contributed by atoms with van der Waals surface area (Å²) in [5.74, 6) is 1.81. The van der Waals surface area contributed by atoms with Crippen molar-refractivity contribution >= 4 is 65.7 Å². The maximum Gasteiger partial charge on any atom is 0.164 e. The van der Waals surface area contributed by atoms with E-state index in [9.17, 15) is 0 Å². The van der Waals surface area contributed by atoms with Crippen LogP contribution in [0, 0.1) is 0 Å². The molecule has 0 N–H and O–H groups in total. The van der Waals surface area contributed by atoms with Gasteiger partial charge in [0, 0.05) is 43.6 Å². The SMILES string of the molecule is c1ccc(-c2ccc3c(c2)c2ccccc2n3-c2cc(-c3ccc4c(c3)oc3cccc(-c5nc(-c6ccccc6)nc(-c6ccccc6)n5)c34)cc3oc4ccccc4c23)cc1. The first-order valence-corrected chi connectivity index (χ1v) is 21.1. The summed E-state index contributed by atoms with van der Waals surface area (Å²) < 4.78 is 15.8. The van der Waals surface area contributed by atoms with E-state index in [-0.39, 0.29) is 0 Å². The Morgan fingerprint density at radius 2 is 0.857 bits per heavy atom. The molecule has 6 heteroatoms. The van der Waals surface area contributed by atoms with Gasteiger partial charge in [0.2, 0.25) is 0 Å². The van der Waals surface area contributed by atoms with Crippen LogP contribution in [-0.4, -0.2) is 19.5 Å². The van der Waals surface area contributed by atoms with E-state index < -0.39 is 0 Å². The van der Waals surface area contributed by atoms with Crippen LogP contribution in [0.4, 0.5) is 0 Å². The largest absolute Gasteiger partial charge is 0.456 e. The van der Waals surface area contributed by atoms with E-state index in [2.05, 4.69) is 126 Å². The molecule has 0 saturated carbocycles. The highest BCUT2D eigenvalue weighted by atomic mass is 16.3. The van der Waals surface area contributed by atoms with Crippen molar-refractivity contribution in [2.45, 2.75) is 0 Å². The molecule has 0 amide bonds. The lowest BCUT2D eigenvalue weighted by Gasteiger charge is -2.13. The highest BCUT2D eigenvalue weighted by Gasteiger charge is 2.22. The summed E-state index contributed by atoms with van der Waals surface area (Å²) in [5.41, 5.74) is 13.6. The molecule has 63 heavy (non-hydrogen) atoms. The summed E-state index contributed by atoms with van der Waals surface area (Å²) in [6.45, 7) is 0. The first-order valence-electron chi connectivity index (χ1n) is 21.1. The van der Waals surface area contributed by atoms with Gasteiger partial charge in [0.25, 0.3) is 0 Å². The number of benzene rings is 9. The summed E-state index contributed by atoms with van der Waals surface area (Å²) in [6, 6.07) is 71.5. The van der Waals surface area contributed by atoms with Crippen molar-refractivity contribution in [3.05, 3.63) is 206 Å². The zero-order chi connectivity index (χ0) is 41.4. The van der Waals surface area contributed by atoms with E-state index in [1.807, 2.05) is 84.9 Å². The molecule has 0 saturated heterocycles. The standard InChI is InChI=1S/C57H34N4O2/c1-4-15-35(16-5-1)38-28-30-47-45(31-38)41-21-10-12-24-46(41)61(47)48-32-40(34-52-54(48)42-22-11-13-25-49(42)62-52)39-27-29-43-51(33-39)63-50-26-14-23-44(53(43)50)57-59-55(36-17-6-2-7-18-36)58-56(60-57)37-19-8-3-9-20-37/h1-34H. The molecule has 0 spiro atoms. The molecular formula is C57H34N4O2. The third-order valence-electron chi connectivity index (χ3n) is 12.2. The molecule has 0 bridgehead atoms. The number of fused-ring (bicyclic) bond motifs is 9. The highest BCUT2D eigenvalue weighted by molar-refractivity contribution is 6.16. The molecule has 0 fully saturated rings. The van der Waals surface area contributed by atoms with E-state index in [1.54, 1.807) is 0 Å². The third kappa shape index (κ3) is 5.69. The molecule has 0 aliphatic carbocycles. The highest BCUT2D eigenvalue weighted by Crippen LogP contribution is 2.43. The van der Waals surface area contributed by atoms with Gasteiger partial charge < -0.3 is 13.4 Å². The van der Waals surface area contributed by atoms with Crippen molar-refractivity contribution in [2.75, 3.05) is 0 Å². The molecule has 0 aliphatic heterocycles. The molecule has 13 rings (SSSR count). The van der Waals surface area contributed by atoms with Gasteiger partial charge in [0.05, 0.1) is 22.1 Å². The van der Waals surface area contributed by atoms with Crippen molar-refractivity contribution in [1.29, 1.82) is 0 Å². The Morgan fingerprint density at radius 3 is 1.62 bits per heavy atom. The molecule has 0 atom stereocenters. The van der Waals surface area contributed by atoms with Gasteiger partial charge in [-0.25, -0.2) is 15.0 Å². The van der Waals surface area contributed by atoms with E-state index in [0.717, 1.165) is 88.4 Å². The first-order chi connectivity index (χ1) is 31.2. The zero-order valence-electron chi connectivity index (χ0n) is 33.7. The molecule has 294 valence electrons. The van der Waals surface area contributed by atoms with Crippen molar-refractivity contribution in [2.24, 2.45) is 0 Å². The number of nitrogens with zero attached hydrogens (tertiary/aromatic N) is 4. The van der Waals surface area contributed by atoms with Crippen molar-refractivity contribution in [1.82, 2.24) is 19.5 Å². The van der Waals surface area contributed by atoms with E-state index in [0.29, 0.717) is 17.5 Å². The predicted octanol–water partition coefficient (Wildman–Crippen LogP) is 15.1. The predicted molar refractivity (Wildman–Crippen MR) is 256 cm³/mol. The molecule has 0 aliphatic rings. The van der Waals surface area contributed by atoms with Gasteiger partial charge >= 0.3 is 0 Å². The summed E-state index contributed by atoms with van der Waals surface area (Å²) in [4.78, 5) is 15.1. The lowest BCUT2D eigenvalue weighted by atomic mass is 9.99. The molecule has 0 radical (unpaired) electrons. The number of para-hydroxylation sites is 2. The Bertz CT molecular complexity index is 3850. The molecule has 4 heterocycles. The second-order valence-corrected chi connectivity index (χ2v) is 15.9. The summed E-state index contributed by atoms with van der Waals surface area (Å²) in [5, 5.41) is 6.47. The normalized spacial score (nSPS) is 11.8. The van der Waals surface area contributed by atoms with Crippen molar-refractivity contribution < 1.29 is 8.83 Å². The quantitative estimate of drug-likeness (QED) is 0.167. The smallest absolute Gasteiger partial charge is 0.164 e. The van der Waals surface area contributed by atoms with Crippen LogP contribution in [0.5, 0.6) is 0 Å². The molecule has 4 aromatic heterocycles. The van der Waals surface area contributed by atoms with E-state index in [4.69, 9.17) is 23.8 Å². The van der Waals surface area contributed by atoms with Crippen LogP contribution in [0.25, 0.3) is 128 Å². The Balaban J connectivity index is 1.00. The maximum absolute atomic E-state index is 6.71. The summed E-state index contributed by atoms with van der Waals surface area (Å²) in [6.07, 6.45) is 0. The van der Waals surface area contributed by atoms with Crippen LogP contribution in [0.1, 0.15) is 0 Å². The second kappa shape index (κ2) is 14.0. The van der Waals surface area contributed by atoms with Crippen LogP contribution in [0.2, 0.25) is 0 Å². The molecule has 6 nitrogen and oxygen atoms in total. The Hall–Kier alpha value is -8.61. The monoisotopic (exact) mass is 806 g/mol. The lowest BCUT2D eigenvalue weighted by Crippen LogP contribution is -2.00. The fraction of sp³-hybridized carbons (Fsp3) is 0. The Kier molecular flexibility index (Phi) is 7.80. The maximum atomic E-state index is 6.71. The summed E-state index contributed by atoms with van der Waals surface area (Å²) in [7, 11) is 0. The topological polar surface area (TPSA) is 69.9 Å². The first kappa shape index (κ1) is 35.2. The Labute approximate surface area is 361 Å². The van der Waals surface area contributed by atoms with Crippen molar-refractivity contribution in [3.63, 3.8) is 0 Å². The minimum absolute atomic E-state index is 0.585. The average Bonchev–Trinajstić information content (AvgIpc) is 4.03. The van der Waals surface area contributed by atoms with E-state index >= 15 is 0 Å². The van der Waals surface area contributed by atoms with Gasteiger partial charge in [-0.2, -0.15) is 0 Å². The minimum atomic E-state index is 0.585. The zero-order valence-corrected chi connectivity index (χ0v) is 33.7. The van der Waals surface area contributed by atoms with Gasteiger partial charge in [0.1, 0.15) is 22.3 Å². The molecular weight excluding hydrogens is 773 g/mol. The number of aromatic nitrogens is 4. The van der Waals surface area contributed by atoms with Crippen LogP contribution in [0.15, 0.2) is 215 Å². The van der Waals surface area contributed by atoms with Gasteiger partial charge in [-0.3, -0.25) is 0 Å². The van der Waals surface area contributed by atoms with Crippen LogP contribution >= 0.6 is 0 Å². The Morgan fingerprint density at radius 1 is 0.302 bits per heavy atom. The van der Waals surface area contributed by atoms with Crippen LogP contribution in [0.3, 0.4) is 0 Å².